The third-order valence-corrected chi connectivity index (χ3v) is 11.1. The molecular weight excluding hydrogens is 586 g/mol. The molecule has 6 rings (SSSR count). The number of fused-ring (bicyclic) bond motifs is 9. The van der Waals surface area contributed by atoms with Crippen molar-refractivity contribution in [2.75, 3.05) is 20.4 Å². The van der Waals surface area contributed by atoms with E-state index in [4.69, 9.17) is 9.47 Å². The van der Waals surface area contributed by atoms with Crippen LogP contribution in [-0.4, -0.2) is 76.4 Å². The number of aromatic hydroxyl groups is 2. The summed E-state index contributed by atoms with van der Waals surface area (Å²) in [6.07, 6.45) is 0.979. The lowest BCUT2D eigenvalue weighted by molar-refractivity contribution is -0.131. The van der Waals surface area contributed by atoms with Crippen LogP contribution in [0.1, 0.15) is 78.7 Å². The van der Waals surface area contributed by atoms with Crippen molar-refractivity contribution in [2.24, 2.45) is 11.8 Å². The number of piperazine rings is 1. The molecule has 4 heterocycles. The van der Waals surface area contributed by atoms with Crippen molar-refractivity contribution in [3.05, 3.63) is 45.0 Å². The molecule has 4 N–H and O–H groups in total. The van der Waals surface area contributed by atoms with Crippen molar-refractivity contribution in [2.45, 2.75) is 97.6 Å². The van der Waals surface area contributed by atoms with Crippen LogP contribution in [0, 0.1) is 43.9 Å². The van der Waals surface area contributed by atoms with Crippen molar-refractivity contribution in [1.82, 2.24) is 20.4 Å². The minimum atomic E-state index is -0.780. The SMILES string of the molecule is Cc1cc2c(c(O)c1C)[C@H]1C3Cc4c(O)c(C)c5c(c4[C@H](CNC(=O)[C@H](C)NC(=O)[C@@H](C)C(C)C)N3[C@@H](C#N)[C@H](C2)N1C)OCO5. The molecule has 0 radical (unpaired) electrons. The molecule has 4 aliphatic heterocycles. The van der Waals surface area contributed by atoms with Crippen molar-refractivity contribution >= 4 is 11.8 Å². The van der Waals surface area contributed by atoms with Gasteiger partial charge in [-0.05, 0) is 70.2 Å². The van der Waals surface area contributed by atoms with Gasteiger partial charge in [0.2, 0.25) is 18.6 Å². The summed E-state index contributed by atoms with van der Waals surface area (Å²) < 4.78 is 11.8. The van der Waals surface area contributed by atoms with E-state index < -0.39 is 18.1 Å². The van der Waals surface area contributed by atoms with E-state index in [1.807, 2.05) is 41.7 Å². The van der Waals surface area contributed by atoms with Crippen LogP contribution in [0.4, 0.5) is 0 Å². The molecule has 46 heavy (non-hydrogen) atoms. The maximum absolute atomic E-state index is 13.5. The number of rotatable bonds is 6. The molecule has 0 spiro atoms. The van der Waals surface area contributed by atoms with Gasteiger partial charge < -0.3 is 30.3 Å². The Bertz CT molecular complexity index is 1650. The maximum Gasteiger partial charge on any atom is 0.242 e. The number of hydrogen-bond acceptors (Lipinski definition) is 9. The van der Waals surface area contributed by atoms with Gasteiger partial charge in [0.05, 0.1) is 18.2 Å². The number of hydrogen-bond donors (Lipinski definition) is 4. The Labute approximate surface area is 270 Å². The number of aryl methyl sites for hydroxylation is 1. The summed E-state index contributed by atoms with van der Waals surface area (Å²) in [5.41, 5.74) is 5.68. The van der Waals surface area contributed by atoms with Crippen molar-refractivity contribution in [1.29, 1.82) is 5.26 Å². The molecule has 246 valence electrons. The minimum absolute atomic E-state index is 0.00121. The Hall–Kier alpha value is -4.01. The lowest BCUT2D eigenvalue weighted by atomic mass is 9.71. The number of nitrogens with zero attached hydrogens (tertiary/aromatic N) is 3. The smallest absolute Gasteiger partial charge is 0.242 e. The first-order valence-corrected chi connectivity index (χ1v) is 16.2. The number of likely N-dealkylation sites (N-methyl/N-ethyl adjacent to an activating group) is 1. The zero-order chi connectivity index (χ0) is 33.4. The molecule has 2 amide bonds. The van der Waals surface area contributed by atoms with E-state index >= 15 is 0 Å². The van der Waals surface area contributed by atoms with Crippen LogP contribution in [0.15, 0.2) is 6.07 Å². The van der Waals surface area contributed by atoms with E-state index in [1.54, 1.807) is 13.8 Å². The third kappa shape index (κ3) is 4.76. The van der Waals surface area contributed by atoms with Gasteiger partial charge in [-0.2, -0.15) is 5.26 Å². The second-order valence-electron chi connectivity index (χ2n) is 13.9. The quantitative estimate of drug-likeness (QED) is 0.377. The first kappa shape index (κ1) is 32.0. The van der Waals surface area contributed by atoms with Gasteiger partial charge >= 0.3 is 0 Å². The number of amides is 2. The highest BCUT2D eigenvalue weighted by Gasteiger charge is 2.56. The number of phenolic OH excluding ortho intramolecular Hbond substituents is 2. The molecule has 4 aliphatic rings. The van der Waals surface area contributed by atoms with Gasteiger partial charge in [0.25, 0.3) is 0 Å². The highest BCUT2D eigenvalue weighted by atomic mass is 16.7. The molecule has 1 unspecified atom stereocenters. The van der Waals surface area contributed by atoms with Gasteiger partial charge in [-0.25, -0.2) is 0 Å². The Balaban J connectivity index is 1.44. The summed E-state index contributed by atoms with van der Waals surface area (Å²) in [6.45, 7) is 13.2. The highest BCUT2D eigenvalue weighted by Crippen LogP contribution is 2.57. The second kappa shape index (κ2) is 11.7. The highest BCUT2D eigenvalue weighted by molar-refractivity contribution is 5.88. The number of carbonyl (C=O) groups is 2. The lowest BCUT2D eigenvalue weighted by Crippen LogP contribution is -2.69. The van der Waals surface area contributed by atoms with Gasteiger partial charge in [0.15, 0.2) is 11.5 Å². The fourth-order valence-electron chi connectivity index (χ4n) is 7.97. The van der Waals surface area contributed by atoms with Gasteiger partial charge in [-0.1, -0.05) is 26.8 Å². The average Bonchev–Trinajstić information content (AvgIpc) is 3.51. The predicted octanol–water partition coefficient (Wildman–Crippen LogP) is 3.44. The molecule has 0 aromatic heterocycles. The van der Waals surface area contributed by atoms with Crippen LogP contribution < -0.4 is 20.1 Å². The normalized spacial score (nSPS) is 26.0. The van der Waals surface area contributed by atoms with E-state index in [0.717, 1.165) is 22.3 Å². The lowest BCUT2D eigenvalue weighted by Gasteiger charge is -2.60. The fraction of sp³-hybridized carbons (Fsp3) is 0.571. The molecule has 7 atom stereocenters. The van der Waals surface area contributed by atoms with Crippen LogP contribution in [0.3, 0.4) is 0 Å². The van der Waals surface area contributed by atoms with Gasteiger partial charge in [0, 0.05) is 46.8 Å². The zero-order valence-corrected chi connectivity index (χ0v) is 27.9. The Morgan fingerprint density at radius 2 is 1.70 bits per heavy atom. The molecular formula is C35H45N5O6. The van der Waals surface area contributed by atoms with Crippen LogP contribution in [-0.2, 0) is 22.4 Å². The molecule has 2 bridgehead atoms. The van der Waals surface area contributed by atoms with E-state index in [0.29, 0.717) is 41.0 Å². The van der Waals surface area contributed by atoms with Crippen LogP contribution >= 0.6 is 0 Å². The second-order valence-corrected chi connectivity index (χ2v) is 13.9. The first-order valence-electron chi connectivity index (χ1n) is 16.2. The Kier molecular flexibility index (Phi) is 8.10. The molecule has 11 heteroatoms. The molecule has 0 aliphatic carbocycles. The topological polar surface area (TPSA) is 147 Å². The number of nitriles is 1. The van der Waals surface area contributed by atoms with Gasteiger partial charge in [-0.15, -0.1) is 0 Å². The van der Waals surface area contributed by atoms with Crippen molar-refractivity contribution < 1.29 is 29.3 Å². The minimum Gasteiger partial charge on any atom is -0.507 e. The largest absolute Gasteiger partial charge is 0.507 e. The summed E-state index contributed by atoms with van der Waals surface area (Å²) in [5, 5.41) is 39.8. The average molecular weight is 632 g/mol. The number of ether oxygens (including phenoxy) is 2. The number of phenols is 2. The Morgan fingerprint density at radius 1 is 1.00 bits per heavy atom. The monoisotopic (exact) mass is 631 g/mol. The number of benzene rings is 2. The number of carbonyl (C=O) groups excluding carboxylic acids is 2. The van der Waals surface area contributed by atoms with Gasteiger partial charge in [-0.3, -0.25) is 19.4 Å². The van der Waals surface area contributed by atoms with Crippen molar-refractivity contribution in [3.63, 3.8) is 0 Å². The van der Waals surface area contributed by atoms with Crippen LogP contribution in [0.25, 0.3) is 0 Å². The molecule has 1 fully saturated rings. The first-order chi connectivity index (χ1) is 21.8. The number of nitrogens with one attached hydrogen (secondary N) is 2. The summed E-state index contributed by atoms with van der Waals surface area (Å²) in [5.74, 6) is 0.694. The van der Waals surface area contributed by atoms with Crippen LogP contribution in [0.5, 0.6) is 23.0 Å². The molecule has 11 nitrogen and oxygen atoms in total. The summed E-state index contributed by atoms with van der Waals surface area (Å²) in [4.78, 5) is 30.6. The maximum atomic E-state index is 13.5. The molecule has 0 saturated carbocycles. The van der Waals surface area contributed by atoms with Gasteiger partial charge in [0.1, 0.15) is 23.6 Å². The van der Waals surface area contributed by atoms with E-state index in [1.165, 1.54) is 0 Å². The summed E-state index contributed by atoms with van der Waals surface area (Å²) in [7, 11) is 2.01. The van der Waals surface area contributed by atoms with E-state index in [2.05, 4.69) is 32.6 Å². The zero-order valence-electron chi connectivity index (χ0n) is 27.9. The molecule has 2 aromatic carbocycles. The Morgan fingerprint density at radius 3 is 2.37 bits per heavy atom. The molecule has 2 aromatic rings. The summed E-state index contributed by atoms with van der Waals surface area (Å²) >= 11 is 0. The fourth-order valence-corrected chi connectivity index (χ4v) is 7.97. The predicted molar refractivity (Wildman–Crippen MR) is 171 cm³/mol. The van der Waals surface area contributed by atoms with E-state index in [-0.39, 0.29) is 66.6 Å². The summed E-state index contributed by atoms with van der Waals surface area (Å²) in [6, 6.07) is 2.05. The van der Waals surface area contributed by atoms with Crippen LogP contribution in [0.2, 0.25) is 0 Å². The van der Waals surface area contributed by atoms with Crippen molar-refractivity contribution in [3.8, 4) is 29.1 Å². The standard InChI is InChI=1S/C35H45N5O6/c1-15(2)17(4)34(43)38-20(7)35(44)37-13-26-28-22(30(41)19(6)32-33(28)46-14-45-32)11-24-29-27-21(9-16(3)18(5)31(27)42)10-23(39(29)8)25(12-36)40(24)26/h9,15,17,20,23-26,29,41-42H,10-11,13-14H2,1-8H3,(H,37,44)(H,38,43)/t17-,20-,23-,24?,25-,26-,29+/m0/s1. The molecule has 1 saturated heterocycles. The van der Waals surface area contributed by atoms with E-state index in [9.17, 15) is 25.1 Å². The third-order valence-electron chi connectivity index (χ3n) is 11.1.